The Hall–Kier alpha value is -1.78. The second kappa shape index (κ2) is 6.19. The number of benzene rings is 2. The zero-order valence-electron chi connectivity index (χ0n) is 11.9. The Morgan fingerprint density at radius 2 is 1.32 bits per heavy atom. The fourth-order valence-corrected chi connectivity index (χ4v) is 3.10. The van der Waals surface area contributed by atoms with Gasteiger partial charge in [-0.25, -0.2) is 13.6 Å². The normalized spacial score (nSPS) is 13.1. The number of halogens is 7. The fraction of sp³-hybridized carbons (Fsp3) is 0.143. The van der Waals surface area contributed by atoms with Crippen LogP contribution in [0.15, 0.2) is 41.3 Å². The number of hydrogen-bond donors (Lipinski definition) is 1. The second-order valence-corrected chi connectivity index (χ2v) is 6.95. The van der Waals surface area contributed by atoms with Crippen molar-refractivity contribution in [3.63, 3.8) is 0 Å². The summed E-state index contributed by atoms with van der Waals surface area (Å²) < 4.78 is 101. The van der Waals surface area contributed by atoms with E-state index in [0.29, 0.717) is 12.1 Å². The maximum absolute atomic E-state index is 12.9. The summed E-state index contributed by atoms with van der Waals surface area (Å²) in [7, 11) is -4.45. The van der Waals surface area contributed by atoms with Gasteiger partial charge in [0.05, 0.1) is 16.0 Å². The first kappa shape index (κ1) is 19.5. The molecule has 0 aliphatic heterocycles. The van der Waals surface area contributed by atoms with Crippen molar-refractivity contribution in [2.24, 2.45) is 5.14 Å². The Morgan fingerprint density at radius 3 is 1.72 bits per heavy atom. The first-order valence-electron chi connectivity index (χ1n) is 6.32. The first-order valence-corrected chi connectivity index (χ1v) is 8.24. The molecule has 2 aromatic rings. The Labute approximate surface area is 143 Å². The average molecular weight is 404 g/mol. The van der Waals surface area contributed by atoms with Crippen molar-refractivity contribution in [2.45, 2.75) is 17.2 Å². The second-order valence-electron chi connectivity index (χ2n) is 4.98. The molecule has 3 nitrogen and oxygen atoms in total. The van der Waals surface area contributed by atoms with Crippen molar-refractivity contribution in [3.8, 4) is 11.1 Å². The molecule has 0 amide bonds. The van der Waals surface area contributed by atoms with E-state index in [-0.39, 0.29) is 11.1 Å². The van der Waals surface area contributed by atoms with E-state index in [1.165, 1.54) is 0 Å². The molecular formula is C14H8ClF6NO2S. The molecule has 0 radical (unpaired) electrons. The van der Waals surface area contributed by atoms with Crippen molar-refractivity contribution >= 4 is 21.6 Å². The van der Waals surface area contributed by atoms with Gasteiger partial charge in [0, 0.05) is 10.6 Å². The van der Waals surface area contributed by atoms with Crippen LogP contribution in [0.4, 0.5) is 26.3 Å². The number of rotatable bonds is 2. The van der Waals surface area contributed by atoms with Crippen molar-refractivity contribution in [1.82, 2.24) is 0 Å². The number of hydrogen-bond acceptors (Lipinski definition) is 2. The lowest BCUT2D eigenvalue weighted by Crippen LogP contribution is -2.14. The van der Waals surface area contributed by atoms with Crippen LogP contribution in [-0.4, -0.2) is 8.42 Å². The molecule has 0 spiro atoms. The van der Waals surface area contributed by atoms with Gasteiger partial charge in [-0.05, 0) is 35.9 Å². The fourth-order valence-electron chi connectivity index (χ4n) is 2.08. The minimum Gasteiger partial charge on any atom is -0.225 e. The molecule has 0 saturated carbocycles. The van der Waals surface area contributed by atoms with E-state index in [1.807, 2.05) is 0 Å². The Bertz CT molecular complexity index is 890. The van der Waals surface area contributed by atoms with Crippen LogP contribution in [-0.2, 0) is 22.4 Å². The summed E-state index contributed by atoms with van der Waals surface area (Å²) in [4.78, 5) is -0.688. The molecule has 0 saturated heterocycles. The van der Waals surface area contributed by atoms with Crippen LogP contribution in [0.25, 0.3) is 11.1 Å². The minimum atomic E-state index is -5.07. The highest BCUT2D eigenvalue weighted by Crippen LogP contribution is 2.40. The van der Waals surface area contributed by atoms with Gasteiger partial charge in [-0.1, -0.05) is 17.7 Å². The van der Waals surface area contributed by atoms with Crippen LogP contribution in [0.3, 0.4) is 0 Å². The van der Waals surface area contributed by atoms with Gasteiger partial charge in [0.25, 0.3) is 0 Å². The number of sulfonamides is 1. The molecule has 0 aliphatic carbocycles. The highest BCUT2D eigenvalue weighted by Gasteiger charge is 2.37. The van der Waals surface area contributed by atoms with E-state index in [0.717, 1.165) is 18.2 Å². The Balaban J connectivity index is 2.85. The predicted octanol–water partition coefficient (Wildman–Crippen LogP) is 4.69. The molecule has 0 aromatic heterocycles. The van der Waals surface area contributed by atoms with Gasteiger partial charge >= 0.3 is 12.4 Å². The van der Waals surface area contributed by atoms with E-state index in [4.69, 9.17) is 16.7 Å². The smallest absolute Gasteiger partial charge is 0.225 e. The lowest BCUT2D eigenvalue weighted by atomic mass is 9.99. The molecule has 136 valence electrons. The SMILES string of the molecule is NS(=O)(=O)c1cc(Cl)ccc1-c1cc(C(F)(F)F)cc(C(F)(F)F)c1. The minimum absolute atomic E-state index is 0.0595. The van der Waals surface area contributed by atoms with Crippen LogP contribution in [0.2, 0.25) is 5.02 Å². The summed E-state index contributed by atoms with van der Waals surface area (Å²) >= 11 is 5.64. The van der Waals surface area contributed by atoms with E-state index in [1.54, 1.807) is 0 Å². The number of nitrogens with two attached hydrogens (primary N) is 1. The summed E-state index contributed by atoms with van der Waals surface area (Å²) in [5, 5.41) is 4.88. The van der Waals surface area contributed by atoms with Gasteiger partial charge in [0.1, 0.15) is 0 Å². The van der Waals surface area contributed by atoms with E-state index >= 15 is 0 Å². The van der Waals surface area contributed by atoms with Gasteiger partial charge in [0.2, 0.25) is 10.0 Å². The third-order valence-electron chi connectivity index (χ3n) is 3.15. The summed E-state index contributed by atoms with van der Waals surface area (Å²) in [6.07, 6.45) is -10.1. The van der Waals surface area contributed by atoms with Gasteiger partial charge < -0.3 is 0 Å². The highest BCUT2D eigenvalue weighted by atomic mass is 35.5. The molecule has 11 heteroatoms. The monoisotopic (exact) mass is 403 g/mol. The van der Waals surface area contributed by atoms with E-state index < -0.39 is 49.5 Å². The zero-order valence-corrected chi connectivity index (χ0v) is 13.5. The molecule has 2 aromatic carbocycles. The number of alkyl halides is 6. The van der Waals surface area contributed by atoms with Gasteiger partial charge in [0.15, 0.2) is 0 Å². The molecular weight excluding hydrogens is 396 g/mol. The molecule has 25 heavy (non-hydrogen) atoms. The molecule has 0 bridgehead atoms. The zero-order chi connectivity index (χ0) is 19.2. The van der Waals surface area contributed by atoms with E-state index in [2.05, 4.69) is 0 Å². The first-order chi connectivity index (χ1) is 11.2. The predicted molar refractivity (Wildman–Crippen MR) is 78.3 cm³/mol. The average Bonchev–Trinajstić information content (AvgIpc) is 2.44. The van der Waals surface area contributed by atoms with Crippen molar-refractivity contribution in [1.29, 1.82) is 0 Å². The van der Waals surface area contributed by atoms with E-state index in [9.17, 15) is 34.8 Å². The van der Waals surface area contributed by atoms with Gasteiger partial charge in [-0.2, -0.15) is 26.3 Å². The quantitative estimate of drug-likeness (QED) is 0.739. The van der Waals surface area contributed by atoms with Gasteiger partial charge in [-0.3, -0.25) is 0 Å². The number of primary sulfonamides is 1. The molecule has 0 fully saturated rings. The van der Waals surface area contributed by atoms with Crippen molar-refractivity contribution in [3.05, 3.63) is 52.5 Å². The van der Waals surface area contributed by atoms with Crippen molar-refractivity contribution in [2.75, 3.05) is 0 Å². The van der Waals surface area contributed by atoms with Crippen molar-refractivity contribution < 1.29 is 34.8 Å². The third kappa shape index (κ3) is 4.44. The topological polar surface area (TPSA) is 60.2 Å². The van der Waals surface area contributed by atoms with Gasteiger partial charge in [-0.15, -0.1) is 0 Å². The summed E-state index contributed by atoms with van der Waals surface area (Å²) in [6, 6.07) is 3.72. The molecule has 0 aliphatic rings. The Kier molecular flexibility index (Phi) is 4.84. The molecule has 0 unspecified atom stereocenters. The van der Waals surface area contributed by atoms with Crippen LogP contribution in [0, 0.1) is 0 Å². The maximum Gasteiger partial charge on any atom is 0.416 e. The molecule has 0 atom stereocenters. The summed E-state index contributed by atoms with van der Waals surface area (Å²) in [5.41, 5.74) is -4.19. The molecule has 0 heterocycles. The summed E-state index contributed by atoms with van der Waals surface area (Å²) in [5.74, 6) is 0. The molecule has 2 rings (SSSR count). The standard InChI is InChI=1S/C14H8ClF6NO2S/c15-10-1-2-11(12(6-10)25(22,23)24)7-3-8(13(16,17)18)5-9(4-7)14(19,20)21/h1-6H,(H2,22,23,24). The molecule has 2 N–H and O–H groups in total. The largest absolute Gasteiger partial charge is 0.416 e. The Morgan fingerprint density at radius 1 is 0.840 bits per heavy atom. The third-order valence-corrected chi connectivity index (χ3v) is 4.33. The summed E-state index contributed by atoms with van der Waals surface area (Å²) in [6.45, 7) is 0. The van der Waals surface area contributed by atoms with Crippen LogP contribution in [0.1, 0.15) is 11.1 Å². The lowest BCUT2D eigenvalue weighted by molar-refractivity contribution is -0.143. The van der Waals surface area contributed by atoms with Crippen LogP contribution < -0.4 is 5.14 Å². The van der Waals surface area contributed by atoms with Crippen LogP contribution >= 0.6 is 11.6 Å². The lowest BCUT2D eigenvalue weighted by Gasteiger charge is -2.16. The maximum atomic E-state index is 12.9. The highest BCUT2D eigenvalue weighted by molar-refractivity contribution is 7.89. The van der Waals surface area contributed by atoms with Crippen LogP contribution in [0.5, 0.6) is 0 Å².